The van der Waals surface area contributed by atoms with E-state index in [1.165, 1.54) is 6.42 Å². The Hall–Kier alpha value is -2.13. The maximum Gasteiger partial charge on any atom is 0.245 e. The van der Waals surface area contributed by atoms with Crippen molar-refractivity contribution in [2.24, 2.45) is 0 Å². The monoisotopic (exact) mass is 414 g/mol. The fourth-order valence-electron chi connectivity index (χ4n) is 2.91. The highest BCUT2D eigenvalue weighted by atomic mass is 16.6. The Labute approximate surface area is 171 Å². The van der Waals surface area contributed by atoms with Crippen LogP contribution in [-0.4, -0.2) is 50.6 Å². The number of aliphatic hydroxyl groups excluding tert-OH is 2. The summed E-state index contributed by atoms with van der Waals surface area (Å²) in [6.07, 6.45) is 10.3. The van der Waals surface area contributed by atoms with E-state index >= 15 is 0 Å². The Bertz CT molecular complexity index is 537. The number of unbranched alkanes of at least 4 members (excludes halogenated alkanes) is 4. The average molecular weight is 414 g/mol. The van der Waals surface area contributed by atoms with Gasteiger partial charge in [-0.1, -0.05) is 44.1 Å². The third-order valence-corrected chi connectivity index (χ3v) is 4.69. The minimum atomic E-state index is -1.57. The molecule has 0 amide bonds. The topological polar surface area (TPSA) is 144 Å². The van der Waals surface area contributed by atoms with Crippen molar-refractivity contribution in [2.75, 3.05) is 0 Å². The number of aliphatic hydroxyl groups is 2. The van der Waals surface area contributed by atoms with Crippen LogP contribution in [-0.2, 0) is 4.79 Å². The van der Waals surface area contributed by atoms with Gasteiger partial charge in [0.1, 0.15) is 18.5 Å². The number of carbonyl (C=O) groups excluding carboxylic acids is 1. The summed E-state index contributed by atoms with van der Waals surface area (Å²) < 4.78 is 0. The number of hydrogen-bond acceptors (Lipinski definition) is 7. The molecule has 0 aromatic heterocycles. The summed E-state index contributed by atoms with van der Waals surface area (Å²) in [5.74, 6) is 0. The average Bonchev–Trinajstić information content (AvgIpc) is 2.66. The molecule has 0 bridgehead atoms. The maximum atomic E-state index is 11.3. The van der Waals surface area contributed by atoms with E-state index in [2.05, 4.69) is 13.0 Å². The van der Waals surface area contributed by atoms with E-state index < -0.39 is 40.6 Å². The van der Waals surface area contributed by atoms with Gasteiger partial charge >= 0.3 is 0 Å². The maximum absolute atomic E-state index is 11.3. The van der Waals surface area contributed by atoms with Crippen molar-refractivity contribution < 1.29 is 24.9 Å². The van der Waals surface area contributed by atoms with E-state index in [0.717, 1.165) is 19.3 Å². The minimum Gasteiger partial charge on any atom is -0.386 e. The number of rotatable bonds is 18. The van der Waals surface area contributed by atoms with Crippen LogP contribution >= 0.6 is 0 Å². The lowest BCUT2D eigenvalue weighted by Crippen LogP contribution is -2.43. The Morgan fingerprint density at radius 3 is 2.07 bits per heavy atom. The molecule has 0 fully saturated rings. The molecule has 4 atom stereocenters. The van der Waals surface area contributed by atoms with Gasteiger partial charge < -0.3 is 15.0 Å². The molecule has 0 aliphatic heterocycles. The third kappa shape index (κ3) is 12.8. The Kier molecular flexibility index (Phi) is 15.6. The summed E-state index contributed by atoms with van der Waals surface area (Å²) in [5.41, 5.74) is 0. The van der Waals surface area contributed by atoms with Crippen LogP contribution in [0.3, 0.4) is 0 Å². The summed E-state index contributed by atoms with van der Waals surface area (Å²) in [7, 11) is 0. The minimum absolute atomic E-state index is 0.000985. The highest BCUT2D eigenvalue weighted by Crippen LogP contribution is 2.18. The Morgan fingerprint density at radius 1 is 0.862 bits per heavy atom. The smallest absolute Gasteiger partial charge is 0.245 e. The van der Waals surface area contributed by atoms with Gasteiger partial charge in [0.05, 0.1) is 6.42 Å². The van der Waals surface area contributed by atoms with Crippen LogP contribution in [0.25, 0.3) is 0 Å². The van der Waals surface area contributed by atoms with Crippen LogP contribution in [0.5, 0.6) is 0 Å². The van der Waals surface area contributed by atoms with Gasteiger partial charge in [-0.3, -0.25) is 20.2 Å². The molecule has 2 N–H and O–H groups in total. The molecular weight excluding hydrogens is 380 g/mol. The van der Waals surface area contributed by atoms with E-state index in [1.54, 1.807) is 12.2 Å². The highest BCUT2D eigenvalue weighted by Gasteiger charge is 2.40. The number of carbonyl (C=O) groups is 1. The van der Waals surface area contributed by atoms with Gasteiger partial charge in [0, 0.05) is 16.3 Å². The first-order valence-electron chi connectivity index (χ1n) is 10.2. The lowest BCUT2D eigenvalue weighted by atomic mass is 9.95. The second-order valence-electron chi connectivity index (χ2n) is 7.08. The van der Waals surface area contributed by atoms with Crippen LogP contribution in [0.4, 0.5) is 0 Å². The number of nitro groups is 2. The van der Waals surface area contributed by atoms with Gasteiger partial charge in [0.15, 0.2) is 0 Å². The largest absolute Gasteiger partial charge is 0.386 e. The van der Waals surface area contributed by atoms with Crippen LogP contribution < -0.4 is 0 Å². The fraction of sp³-hybridized carbons (Fsp3) is 0.750. The molecule has 0 aliphatic rings. The van der Waals surface area contributed by atoms with Crippen molar-refractivity contribution in [3.05, 3.63) is 44.5 Å². The molecule has 9 nitrogen and oxygen atoms in total. The van der Waals surface area contributed by atoms with Crippen LogP contribution in [0.1, 0.15) is 71.1 Å². The Morgan fingerprint density at radius 2 is 1.48 bits per heavy atom. The van der Waals surface area contributed by atoms with Crippen molar-refractivity contribution in [2.45, 2.75) is 95.4 Å². The van der Waals surface area contributed by atoms with Gasteiger partial charge in [-0.25, -0.2) is 0 Å². The number of hydrogen-bond donors (Lipinski definition) is 2. The van der Waals surface area contributed by atoms with Crippen molar-refractivity contribution in [1.29, 1.82) is 0 Å². The van der Waals surface area contributed by atoms with E-state index in [1.807, 2.05) is 6.08 Å². The molecule has 0 saturated heterocycles. The highest BCUT2D eigenvalue weighted by molar-refractivity contribution is 5.48. The van der Waals surface area contributed by atoms with Crippen LogP contribution in [0, 0.1) is 20.2 Å². The van der Waals surface area contributed by atoms with Gasteiger partial charge in [-0.2, -0.15) is 0 Å². The van der Waals surface area contributed by atoms with E-state index in [-0.39, 0.29) is 25.7 Å². The molecule has 0 radical (unpaired) electrons. The molecule has 0 rings (SSSR count). The first-order chi connectivity index (χ1) is 13.8. The molecular formula is C20H34N2O7. The molecule has 0 aromatic carbocycles. The van der Waals surface area contributed by atoms with Crippen LogP contribution in [0.15, 0.2) is 24.3 Å². The third-order valence-electron chi connectivity index (χ3n) is 4.69. The fourth-order valence-corrected chi connectivity index (χ4v) is 2.91. The molecule has 0 saturated carbocycles. The number of nitrogens with zero attached hydrogens (tertiary/aromatic N) is 2. The predicted molar refractivity (Wildman–Crippen MR) is 110 cm³/mol. The second kappa shape index (κ2) is 16.8. The SMILES string of the molecule is CCCCC/C=C\C/C=C\CC(O)C(CC(C(O)CCCC=O)[N+](=O)[O-])[N+](=O)[O-]. The summed E-state index contributed by atoms with van der Waals surface area (Å²) in [6, 6.07) is -3.12. The van der Waals surface area contributed by atoms with Crippen LogP contribution in [0.2, 0.25) is 0 Å². The van der Waals surface area contributed by atoms with Gasteiger partial charge in [0.25, 0.3) is 0 Å². The quantitative estimate of drug-likeness (QED) is 0.115. The van der Waals surface area contributed by atoms with Crippen molar-refractivity contribution >= 4 is 6.29 Å². The predicted octanol–water partition coefficient (Wildman–Crippen LogP) is 3.23. The van der Waals surface area contributed by atoms with E-state index in [0.29, 0.717) is 12.7 Å². The summed E-state index contributed by atoms with van der Waals surface area (Å²) in [4.78, 5) is 31.4. The zero-order chi connectivity index (χ0) is 22.1. The number of aldehydes is 1. The van der Waals surface area contributed by atoms with Gasteiger partial charge in [0.2, 0.25) is 12.1 Å². The van der Waals surface area contributed by atoms with Gasteiger partial charge in [-0.15, -0.1) is 0 Å². The normalized spacial score (nSPS) is 16.0. The molecule has 29 heavy (non-hydrogen) atoms. The van der Waals surface area contributed by atoms with Gasteiger partial charge in [-0.05, 0) is 38.5 Å². The second-order valence-corrected chi connectivity index (χ2v) is 7.08. The van der Waals surface area contributed by atoms with Crippen molar-refractivity contribution in [3.63, 3.8) is 0 Å². The molecule has 166 valence electrons. The molecule has 0 aromatic rings. The van der Waals surface area contributed by atoms with E-state index in [4.69, 9.17) is 0 Å². The molecule has 4 unspecified atom stereocenters. The number of allylic oxidation sites excluding steroid dienone is 3. The Balaban J connectivity index is 4.64. The molecule has 0 heterocycles. The van der Waals surface area contributed by atoms with E-state index in [9.17, 15) is 35.2 Å². The lowest BCUT2D eigenvalue weighted by Gasteiger charge is -2.20. The lowest BCUT2D eigenvalue weighted by molar-refractivity contribution is -0.573. The molecule has 0 spiro atoms. The standard InChI is InChI=1S/C20H34N2O7/c1-2-3-4-5-6-7-8-9-10-13-19(24)17(21(26)27)16-18(22(28)29)20(25)14-11-12-15-23/h6-7,9-10,15,17-20,24-25H,2-5,8,11-14,16H2,1H3/b7-6-,10-9-. The summed E-state index contributed by atoms with van der Waals surface area (Å²) in [5, 5.41) is 42.7. The first kappa shape index (κ1) is 26.9. The summed E-state index contributed by atoms with van der Waals surface area (Å²) in [6.45, 7) is 2.14. The molecule has 0 aliphatic carbocycles. The zero-order valence-corrected chi connectivity index (χ0v) is 17.1. The van der Waals surface area contributed by atoms with Crippen molar-refractivity contribution in [3.8, 4) is 0 Å². The van der Waals surface area contributed by atoms with Crippen molar-refractivity contribution in [1.82, 2.24) is 0 Å². The first-order valence-corrected chi connectivity index (χ1v) is 10.2. The summed E-state index contributed by atoms with van der Waals surface area (Å²) >= 11 is 0. The zero-order valence-electron chi connectivity index (χ0n) is 17.1. The molecule has 9 heteroatoms.